The normalized spacial score (nSPS) is 25.7. The van der Waals surface area contributed by atoms with E-state index in [0.29, 0.717) is 6.04 Å². The molecule has 1 atom stereocenters. The first-order chi connectivity index (χ1) is 12.2. The summed E-state index contributed by atoms with van der Waals surface area (Å²) in [5, 5.41) is 3.74. The molecule has 0 amide bonds. The first-order valence-electron chi connectivity index (χ1n) is 10.0. The summed E-state index contributed by atoms with van der Waals surface area (Å²) in [4.78, 5) is 9.61. The number of aromatic nitrogens is 2. The molecule has 5 nitrogen and oxygen atoms in total. The molecule has 2 saturated heterocycles. The van der Waals surface area contributed by atoms with Crippen LogP contribution in [0, 0.1) is 6.92 Å². The fourth-order valence-corrected chi connectivity index (χ4v) is 4.64. The molecule has 3 heterocycles. The molecule has 1 aromatic rings. The summed E-state index contributed by atoms with van der Waals surface area (Å²) < 4.78 is 11.6. The smallest absolute Gasteiger partial charge is 0.130 e. The van der Waals surface area contributed by atoms with Crippen LogP contribution >= 0.6 is 0 Å². The zero-order valence-electron chi connectivity index (χ0n) is 15.5. The lowest BCUT2D eigenvalue weighted by Crippen LogP contribution is -2.50. The Bertz CT molecular complexity index is 593. The Morgan fingerprint density at radius 3 is 2.84 bits per heavy atom. The minimum atomic E-state index is 0.0626. The number of nitrogens with zero attached hydrogens (tertiary/aromatic N) is 2. The van der Waals surface area contributed by atoms with Gasteiger partial charge in [-0.3, -0.25) is 0 Å². The highest BCUT2D eigenvalue weighted by molar-refractivity contribution is 5.27. The summed E-state index contributed by atoms with van der Waals surface area (Å²) in [6, 6.07) is 0.547. The van der Waals surface area contributed by atoms with Crippen LogP contribution in [-0.2, 0) is 28.7 Å². The molecular formula is C20H31N3O2. The van der Waals surface area contributed by atoms with Crippen molar-refractivity contribution in [1.82, 2.24) is 15.3 Å². The quantitative estimate of drug-likeness (QED) is 0.909. The van der Waals surface area contributed by atoms with Gasteiger partial charge in [0.05, 0.1) is 5.60 Å². The van der Waals surface area contributed by atoms with E-state index in [1.165, 1.54) is 29.8 Å². The number of nitrogens with one attached hydrogen (secondary N) is 1. The molecule has 5 heteroatoms. The van der Waals surface area contributed by atoms with Gasteiger partial charge < -0.3 is 14.8 Å². The number of ether oxygens (including phenoxy) is 2. The maximum absolute atomic E-state index is 6.13. The monoisotopic (exact) mass is 345 g/mol. The molecular weight excluding hydrogens is 314 g/mol. The van der Waals surface area contributed by atoms with E-state index >= 15 is 0 Å². The van der Waals surface area contributed by atoms with Crippen molar-refractivity contribution in [2.24, 2.45) is 0 Å². The second-order valence-corrected chi connectivity index (χ2v) is 7.90. The SMILES string of the molecule is Cc1nc(CCN[C@H]2CCOC3(CCOCC3)C2)nc2c1CCCC2. The van der Waals surface area contributed by atoms with Gasteiger partial charge in [-0.15, -0.1) is 0 Å². The van der Waals surface area contributed by atoms with Crippen LogP contribution in [0.2, 0.25) is 0 Å². The number of hydrogen-bond acceptors (Lipinski definition) is 5. The van der Waals surface area contributed by atoms with Crippen molar-refractivity contribution in [1.29, 1.82) is 0 Å². The van der Waals surface area contributed by atoms with Crippen molar-refractivity contribution in [2.75, 3.05) is 26.4 Å². The molecule has 0 saturated carbocycles. The maximum atomic E-state index is 6.13. The Morgan fingerprint density at radius 1 is 1.12 bits per heavy atom. The zero-order valence-corrected chi connectivity index (χ0v) is 15.5. The molecule has 3 aliphatic rings. The minimum absolute atomic E-state index is 0.0626. The van der Waals surface area contributed by atoms with E-state index in [1.807, 2.05) is 0 Å². The lowest BCUT2D eigenvalue weighted by Gasteiger charge is -2.43. The molecule has 2 aliphatic heterocycles. The van der Waals surface area contributed by atoms with Crippen LogP contribution in [-0.4, -0.2) is 48.0 Å². The summed E-state index contributed by atoms with van der Waals surface area (Å²) in [5.41, 5.74) is 3.98. The molecule has 1 aromatic heterocycles. The fourth-order valence-electron chi connectivity index (χ4n) is 4.64. The van der Waals surface area contributed by atoms with E-state index in [4.69, 9.17) is 19.4 Å². The van der Waals surface area contributed by atoms with Crippen molar-refractivity contribution in [3.63, 3.8) is 0 Å². The van der Waals surface area contributed by atoms with Crippen molar-refractivity contribution in [3.8, 4) is 0 Å². The molecule has 0 bridgehead atoms. The van der Waals surface area contributed by atoms with Crippen LogP contribution in [0.5, 0.6) is 0 Å². The van der Waals surface area contributed by atoms with Gasteiger partial charge in [0.15, 0.2) is 0 Å². The van der Waals surface area contributed by atoms with Gasteiger partial charge in [0.2, 0.25) is 0 Å². The van der Waals surface area contributed by atoms with Gasteiger partial charge in [0.1, 0.15) is 5.82 Å². The molecule has 0 unspecified atom stereocenters. The topological polar surface area (TPSA) is 56.3 Å². The molecule has 0 radical (unpaired) electrons. The van der Waals surface area contributed by atoms with Crippen LogP contribution in [0.1, 0.15) is 61.3 Å². The Balaban J connectivity index is 1.31. The van der Waals surface area contributed by atoms with Crippen molar-refractivity contribution >= 4 is 0 Å². The van der Waals surface area contributed by atoms with E-state index in [0.717, 1.165) is 77.1 Å². The fraction of sp³-hybridized carbons (Fsp3) is 0.800. The molecule has 2 fully saturated rings. The van der Waals surface area contributed by atoms with Gasteiger partial charge in [0.25, 0.3) is 0 Å². The van der Waals surface area contributed by atoms with E-state index < -0.39 is 0 Å². The first-order valence-corrected chi connectivity index (χ1v) is 10.0. The highest BCUT2D eigenvalue weighted by Gasteiger charge is 2.38. The van der Waals surface area contributed by atoms with Gasteiger partial charge in [-0.05, 0) is 63.9 Å². The third-order valence-corrected chi connectivity index (χ3v) is 6.11. The van der Waals surface area contributed by atoms with Crippen molar-refractivity contribution < 1.29 is 9.47 Å². The van der Waals surface area contributed by atoms with Crippen molar-refractivity contribution in [3.05, 3.63) is 22.8 Å². The average molecular weight is 345 g/mol. The molecule has 1 N–H and O–H groups in total. The predicted octanol–water partition coefficient (Wildman–Crippen LogP) is 2.52. The Hall–Kier alpha value is -1.04. The third-order valence-electron chi connectivity index (χ3n) is 6.11. The lowest BCUT2D eigenvalue weighted by molar-refractivity contribution is -0.140. The van der Waals surface area contributed by atoms with Crippen LogP contribution < -0.4 is 5.32 Å². The van der Waals surface area contributed by atoms with Crippen LogP contribution in [0.3, 0.4) is 0 Å². The predicted molar refractivity (Wildman–Crippen MR) is 96.9 cm³/mol. The average Bonchev–Trinajstić information content (AvgIpc) is 2.63. The summed E-state index contributed by atoms with van der Waals surface area (Å²) in [5.74, 6) is 1.01. The van der Waals surface area contributed by atoms with Gasteiger partial charge in [-0.1, -0.05) is 0 Å². The molecule has 1 aliphatic carbocycles. The van der Waals surface area contributed by atoms with Crippen molar-refractivity contribution in [2.45, 2.75) is 76.4 Å². The summed E-state index contributed by atoms with van der Waals surface area (Å²) >= 11 is 0. The van der Waals surface area contributed by atoms with Gasteiger partial charge in [-0.2, -0.15) is 0 Å². The highest BCUT2D eigenvalue weighted by Crippen LogP contribution is 2.34. The number of fused-ring (bicyclic) bond motifs is 1. The van der Waals surface area contributed by atoms with Gasteiger partial charge in [-0.25, -0.2) is 9.97 Å². The van der Waals surface area contributed by atoms with Gasteiger partial charge in [0, 0.05) is 50.2 Å². The van der Waals surface area contributed by atoms with E-state index in [-0.39, 0.29) is 5.60 Å². The molecule has 4 rings (SSSR count). The third kappa shape index (κ3) is 4.04. The first kappa shape index (κ1) is 17.4. The number of aryl methyl sites for hydroxylation is 2. The van der Waals surface area contributed by atoms with Crippen LogP contribution in [0.4, 0.5) is 0 Å². The highest BCUT2D eigenvalue weighted by atomic mass is 16.5. The second kappa shape index (κ2) is 7.68. The van der Waals surface area contributed by atoms with E-state index in [9.17, 15) is 0 Å². The largest absolute Gasteiger partial charge is 0.381 e. The Kier molecular flexibility index (Phi) is 5.34. The molecule has 0 aromatic carbocycles. The van der Waals surface area contributed by atoms with Crippen LogP contribution in [0.15, 0.2) is 0 Å². The summed E-state index contributed by atoms with van der Waals surface area (Å²) in [6.07, 6.45) is 10.1. The van der Waals surface area contributed by atoms with Gasteiger partial charge >= 0.3 is 0 Å². The number of rotatable bonds is 4. The van der Waals surface area contributed by atoms with Crippen LogP contribution in [0.25, 0.3) is 0 Å². The Labute approximate surface area is 150 Å². The molecule has 25 heavy (non-hydrogen) atoms. The Morgan fingerprint density at radius 2 is 1.96 bits per heavy atom. The lowest BCUT2D eigenvalue weighted by atomic mass is 9.84. The van der Waals surface area contributed by atoms with E-state index in [1.54, 1.807) is 0 Å². The summed E-state index contributed by atoms with van der Waals surface area (Å²) in [7, 11) is 0. The zero-order chi connectivity index (χ0) is 17.1. The standard InChI is InChI=1S/C20H31N3O2/c1-15-17-4-2-3-5-18(17)23-19(22-15)6-10-21-16-7-11-25-20(14-16)8-12-24-13-9-20/h16,21H,2-14H2,1H3/t16-/m0/s1. The van der Waals surface area contributed by atoms with E-state index in [2.05, 4.69) is 12.2 Å². The minimum Gasteiger partial charge on any atom is -0.381 e. The molecule has 138 valence electrons. The maximum Gasteiger partial charge on any atom is 0.130 e. The summed E-state index contributed by atoms with van der Waals surface area (Å²) in [6.45, 7) is 5.65. The number of hydrogen-bond donors (Lipinski definition) is 1. The molecule has 1 spiro atoms. The second-order valence-electron chi connectivity index (χ2n) is 7.90.